The molecule has 0 spiro atoms. The first-order chi connectivity index (χ1) is 8.63. The molecule has 2 aromatic rings. The second-order valence-electron chi connectivity index (χ2n) is 4.33. The van der Waals surface area contributed by atoms with Crippen LogP contribution in [-0.2, 0) is 6.42 Å². The van der Waals surface area contributed by atoms with Gasteiger partial charge in [-0.3, -0.25) is 0 Å². The number of rotatable bonds is 4. The van der Waals surface area contributed by atoms with E-state index in [4.69, 9.17) is 5.73 Å². The highest BCUT2D eigenvalue weighted by molar-refractivity contribution is 7.99. The maximum atomic E-state index is 5.75. The van der Waals surface area contributed by atoms with Gasteiger partial charge < -0.3 is 5.73 Å². The van der Waals surface area contributed by atoms with Gasteiger partial charge in [-0.1, -0.05) is 6.07 Å². The van der Waals surface area contributed by atoms with E-state index in [1.54, 1.807) is 12.4 Å². The van der Waals surface area contributed by atoms with Gasteiger partial charge in [0.1, 0.15) is 5.03 Å². The van der Waals surface area contributed by atoms with Crippen LogP contribution in [0.25, 0.3) is 0 Å². The molecule has 0 bridgehead atoms. The fourth-order valence-corrected chi connectivity index (χ4v) is 2.13. The highest BCUT2D eigenvalue weighted by Gasteiger charge is 2.03. The molecule has 0 aromatic carbocycles. The minimum absolute atomic E-state index is 0.158. The molecule has 0 saturated heterocycles. The van der Waals surface area contributed by atoms with Crippen LogP contribution in [0.4, 0.5) is 0 Å². The molecule has 0 saturated carbocycles. The molecule has 0 aliphatic rings. The average molecular weight is 260 g/mol. The zero-order chi connectivity index (χ0) is 13.0. The Kier molecular flexibility index (Phi) is 4.28. The highest BCUT2D eigenvalue weighted by Crippen LogP contribution is 2.22. The van der Waals surface area contributed by atoms with E-state index in [2.05, 4.69) is 15.0 Å². The number of aromatic nitrogens is 3. The van der Waals surface area contributed by atoms with Crippen molar-refractivity contribution >= 4 is 11.8 Å². The van der Waals surface area contributed by atoms with Gasteiger partial charge in [0.25, 0.3) is 0 Å². The van der Waals surface area contributed by atoms with E-state index in [-0.39, 0.29) is 6.04 Å². The maximum absolute atomic E-state index is 5.75. The minimum Gasteiger partial charge on any atom is -0.328 e. The Balaban J connectivity index is 2.04. The van der Waals surface area contributed by atoms with E-state index in [1.165, 1.54) is 11.8 Å². The zero-order valence-corrected chi connectivity index (χ0v) is 11.3. The number of nitrogens with zero attached hydrogens (tertiary/aromatic N) is 3. The number of nitrogens with two attached hydrogens (primary N) is 1. The van der Waals surface area contributed by atoms with Crippen LogP contribution < -0.4 is 5.73 Å². The Morgan fingerprint density at radius 2 is 1.89 bits per heavy atom. The molecule has 0 fully saturated rings. The molecule has 0 aliphatic heterocycles. The van der Waals surface area contributed by atoms with Crippen molar-refractivity contribution in [3.05, 3.63) is 41.9 Å². The normalized spacial score (nSPS) is 12.4. The second-order valence-corrected chi connectivity index (χ2v) is 5.32. The third kappa shape index (κ3) is 3.78. The Morgan fingerprint density at radius 3 is 2.44 bits per heavy atom. The first-order valence-corrected chi connectivity index (χ1v) is 6.62. The average Bonchev–Trinajstić information content (AvgIpc) is 2.34. The third-order valence-electron chi connectivity index (χ3n) is 2.31. The summed E-state index contributed by atoms with van der Waals surface area (Å²) in [5, 5.41) is 1.61. The molecule has 18 heavy (non-hydrogen) atoms. The van der Waals surface area contributed by atoms with Crippen molar-refractivity contribution < 1.29 is 0 Å². The molecule has 5 heteroatoms. The lowest BCUT2D eigenvalue weighted by atomic mass is 10.1. The van der Waals surface area contributed by atoms with Crippen molar-refractivity contribution in [1.29, 1.82) is 0 Å². The van der Waals surface area contributed by atoms with Crippen LogP contribution in [0.1, 0.15) is 18.1 Å². The van der Waals surface area contributed by atoms with Gasteiger partial charge >= 0.3 is 0 Å². The largest absolute Gasteiger partial charge is 0.328 e. The summed E-state index contributed by atoms with van der Waals surface area (Å²) < 4.78 is 0. The molecular weight excluding hydrogens is 244 g/mol. The van der Waals surface area contributed by atoms with Crippen molar-refractivity contribution in [3.63, 3.8) is 0 Å². The molecule has 2 rings (SSSR count). The van der Waals surface area contributed by atoms with Gasteiger partial charge in [-0.2, -0.15) is 0 Å². The SMILES string of the molecule is Cc1cnc(Sc2ccc(CC(C)N)cn2)nc1. The monoisotopic (exact) mass is 260 g/mol. The van der Waals surface area contributed by atoms with Crippen molar-refractivity contribution in [2.24, 2.45) is 5.73 Å². The molecule has 1 unspecified atom stereocenters. The smallest absolute Gasteiger partial charge is 0.193 e. The van der Waals surface area contributed by atoms with Crippen LogP contribution in [0.2, 0.25) is 0 Å². The molecule has 0 aliphatic carbocycles. The van der Waals surface area contributed by atoms with Gasteiger partial charge in [0.2, 0.25) is 0 Å². The lowest BCUT2D eigenvalue weighted by Crippen LogP contribution is -2.17. The van der Waals surface area contributed by atoms with Gasteiger partial charge in [0.15, 0.2) is 5.16 Å². The molecule has 0 amide bonds. The maximum Gasteiger partial charge on any atom is 0.193 e. The fraction of sp³-hybridized carbons (Fsp3) is 0.308. The number of aryl methyl sites for hydroxylation is 1. The van der Waals surface area contributed by atoms with Crippen LogP contribution in [0.15, 0.2) is 40.9 Å². The summed E-state index contributed by atoms with van der Waals surface area (Å²) in [6.07, 6.45) is 6.32. The van der Waals surface area contributed by atoms with Crippen molar-refractivity contribution in [2.75, 3.05) is 0 Å². The molecule has 94 valence electrons. The number of pyridine rings is 1. The lowest BCUT2D eigenvalue weighted by molar-refractivity contribution is 0.734. The van der Waals surface area contributed by atoms with E-state index in [1.807, 2.05) is 32.2 Å². The molecule has 2 heterocycles. The molecule has 4 nitrogen and oxygen atoms in total. The van der Waals surface area contributed by atoms with Gasteiger partial charge in [-0.15, -0.1) is 0 Å². The van der Waals surface area contributed by atoms with Crippen molar-refractivity contribution in [2.45, 2.75) is 36.5 Å². The number of hydrogen-bond donors (Lipinski definition) is 1. The number of hydrogen-bond acceptors (Lipinski definition) is 5. The Bertz CT molecular complexity index is 493. The Labute approximate surface area is 111 Å². The van der Waals surface area contributed by atoms with Gasteiger partial charge in [-0.05, 0) is 49.2 Å². The molecular formula is C13H16N4S. The summed E-state index contributed by atoms with van der Waals surface area (Å²) in [6, 6.07) is 4.18. The zero-order valence-electron chi connectivity index (χ0n) is 10.5. The summed E-state index contributed by atoms with van der Waals surface area (Å²) >= 11 is 1.46. The first kappa shape index (κ1) is 13.0. The van der Waals surface area contributed by atoms with Crippen molar-refractivity contribution in [1.82, 2.24) is 15.0 Å². The molecule has 2 N–H and O–H groups in total. The summed E-state index contributed by atoms with van der Waals surface area (Å²) in [5.41, 5.74) is 7.95. The van der Waals surface area contributed by atoms with Gasteiger partial charge in [-0.25, -0.2) is 15.0 Å². The van der Waals surface area contributed by atoms with Crippen LogP contribution in [0.3, 0.4) is 0 Å². The van der Waals surface area contributed by atoms with Gasteiger partial charge in [0, 0.05) is 24.6 Å². The highest BCUT2D eigenvalue weighted by atomic mass is 32.2. The van der Waals surface area contributed by atoms with Crippen LogP contribution in [-0.4, -0.2) is 21.0 Å². The van der Waals surface area contributed by atoms with Crippen LogP contribution >= 0.6 is 11.8 Å². The Morgan fingerprint density at radius 1 is 1.17 bits per heavy atom. The van der Waals surface area contributed by atoms with E-state index < -0.39 is 0 Å². The molecule has 0 radical (unpaired) electrons. The molecule has 1 atom stereocenters. The lowest BCUT2D eigenvalue weighted by Gasteiger charge is -2.05. The van der Waals surface area contributed by atoms with Crippen LogP contribution in [0.5, 0.6) is 0 Å². The standard InChI is InChI=1S/C13H16N4S/c1-9-6-16-13(17-7-9)18-12-4-3-11(8-15-12)5-10(2)14/h3-4,6-8,10H,5,14H2,1-2H3. The minimum atomic E-state index is 0.158. The predicted molar refractivity (Wildman–Crippen MR) is 72.5 cm³/mol. The summed E-state index contributed by atoms with van der Waals surface area (Å²) in [5.74, 6) is 0. The van der Waals surface area contributed by atoms with E-state index in [0.717, 1.165) is 22.6 Å². The summed E-state index contributed by atoms with van der Waals surface area (Å²) in [4.78, 5) is 12.8. The second kappa shape index (κ2) is 5.93. The quantitative estimate of drug-likeness (QED) is 0.854. The van der Waals surface area contributed by atoms with Crippen LogP contribution in [0, 0.1) is 6.92 Å². The topological polar surface area (TPSA) is 64.7 Å². The third-order valence-corrected chi connectivity index (χ3v) is 3.15. The Hall–Kier alpha value is -1.46. The van der Waals surface area contributed by atoms with Gasteiger partial charge in [0.05, 0.1) is 0 Å². The summed E-state index contributed by atoms with van der Waals surface area (Å²) in [6.45, 7) is 3.96. The molecule has 2 aromatic heterocycles. The first-order valence-electron chi connectivity index (χ1n) is 5.80. The van der Waals surface area contributed by atoms with E-state index in [0.29, 0.717) is 5.16 Å². The van der Waals surface area contributed by atoms with Crippen molar-refractivity contribution in [3.8, 4) is 0 Å². The van der Waals surface area contributed by atoms with E-state index >= 15 is 0 Å². The van der Waals surface area contributed by atoms with E-state index in [9.17, 15) is 0 Å². The fourth-order valence-electron chi connectivity index (χ4n) is 1.49. The summed E-state index contributed by atoms with van der Waals surface area (Å²) in [7, 11) is 0. The predicted octanol–water partition coefficient (Wildman–Crippen LogP) is 2.22.